The van der Waals surface area contributed by atoms with Crippen molar-refractivity contribution in [2.75, 3.05) is 6.54 Å². The molecule has 0 saturated heterocycles. The maximum Gasteiger partial charge on any atom is 0.288 e. The Morgan fingerprint density at radius 1 is 1.35 bits per heavy atom. The first kappa shape index (κ1) is 12.4. The number of benzene rings is 1. The Hall–Kier alpha value is -1.10. The predicted octanol–water partition coefficient (Wildman–Crippen LogP) is 3.14. The summed E-state index contributed by atoms with van der Waals surface area (Å²) in [6, 6.07) is 6.24. The van der Waals surface area contributed by atoms with Gasteiger partial charge in [0.25, 0.3) is 11.7 Å². The summed E-state index contributed by atoms with van der Waals surface area (Å²) in [6.07, 6.45) is 2.37. The molecule has 0 aromatic heterocycles. The van der Waals surface area contributed by atoms with E-state index in [0.717, 1.165) is 0 Å². The van der Waals surface area contributed by atoms with Crippen LogP contribution in [0.15, 0.2) is 29.2 Å². The van der Waals surface area contributed by atoms with E-state index in [4.69, 9.17) is 0 Å². The van der Waals surface area contributed by atoms with Gasteiger partial charge in [0.1, 0.15) is 0 Å². The Morgan fingerprint density at radius 3 is 2.53 bits per heavy atom. The highest BCUT2D eigenvalue weighted by Crippen LogP contribution is 2.28. The Bertz CT molecular complexity index is 390. The number of halogens is 2. The van der Waals surface area contributed by atoms with Crippen molar-refractivity contribution in [1.82, 2.24) is 5.32 Å². The van der Waals surface area contributed by atoms with Gasteiger partial charge in [-0.05, 0) is 43.0 Å². The fourth-order valence-electron chi connectivity index (χ4n) is 1.45. The lowest BCUT2D eigenvalue weighted by Gasteiger charge is -2.05. The van der Waals surface area contributed by atoms with Gasteiger partial charge in [0.2, 0.25) is 0 Å². The third-order valence-corrected chi connectivity index (χ3v) is 3.31. The average Bonchev–Trinajstić information content (AvgIpc) is 3.10. The summed E-state index contributed by atoms with van der Waals surface area (Å²) in [5.41, 5.74) is 0.518. The molecule has 0 heterocycles. The Labute approximate surface area is 103 Å². The Kier molecular flexibility index (Phi) is 3.99. The third-order valence-electron chi connectivity index (χ3n) is 2.59. The van der Waals surface area contributed by atoms with Gasteiger partial charge in [0.05, 0.1) is 0 Å². The van der Waals surface area contributed by atoms with Gasteiger partial charge in [-0.2, -0.15) is 8.78 Å². The van der Waals surface area contributed by atoms with E-state index in [1.807, 2.05) is 0 Å². The van der Waals surface area contributed by atoms with Gasteiger partial charge in [-0.1, -0.05) is 11.8 Å². The predicted molar refractivity (Wildman–Crippen MR) is 63.4 cm³/mol. The molecule has 0 spiro atoms. The normalized spacial score (nSPS) is 15.0. The largest absolute Gasteiger partial charge is 0.352 e. The lowest BCUT2D eigenvalue weighted by molar-refractivity contribution is 0.0951. The van der Waals surface area contributed by atoms with E-state index in [1.54, 1.807) is 24.3 Å². The molecule has 2 rings (SSSR count). The molecule has 0 unspecified atom stereocenters. The minimum Gasteiger partial charge on any atom is -0.352 e. The second kappa shape index (κ2) is 5.49. The smallest absolute Gasteiger partial charge is 0.288 e. The zero-order valence-corrected chi connectivity index (χ0v) is 9.97. The van der Waals surface area contributed by atoms with Crippen molar-refractivity contribution in [3.05, 3.63) is 29.8 Å². The first-order chi connectivity index (χ1) is 8.15. The number of thioether (sulfide) groups is 1. The van der Waals surface area contributed by atoms with Crippen LogP contribution in [0.5, 0.6) is 0 Å². The molecule has 1 aliphatic rings. The summed E-state index contributed by atoms with van der Waals surface area (Å²) in [5, 5.41) is 2.83. The van der Waals surface area contributed by atoms with Crippen LogP contribution in [-0.4, -0.2) is 18.2 Å². The molecule has 0 aliphatic heterocycles. The van der Waals surface area contributed by atoms with Crippen LogP contribution >= 0.6 is 11.8 Å². The SMILES string of the molecule is O=C(NCC1CC1)c1ccc(SC(F)F)cc1. The number of rotatable bonds is 5. The van der Waals surface area contributed by atoms with Gasteiger partial charge in [-0.25, -0.2) is 0 Å². The van der Waals surface area contributed by atoms with E-state index < -0.39 is 5.76 Å². The molecule has 2 nitrogen and oxygen atoms in total. The molecule has 1 amide bonds. The van der Waals surface area contributed by atoms with Crippen LogP contribution in [0.3, 0.4) is 0 Å². The highest BCUT2D eigenvalue weighted by Gasteiger charge is 2.21. The van der Waals surface area contributed by atoms with Crippen molar-refractivity contribution in [2.45, 2.75) is 23.5 Å². The molecule has 0 radical (unpaired) electrons. The standard InChI is InChI=1S/C12H13F2NOS/c13-12(14)17-10-5-3-9(4-6-10)11(16)15-7-8-1-2-8/h3-6,8,12H,1-2,7H2,(H,15,16). The molecule has 5 heteroatoms. The molecule has 1 saturated carbocycles. The lowest BCUT2D eigenvalue weighted by Crippen LogP contribution is -2.25. The Balaban J connectivity index is 1.89. The first-order valence-electron chi connectivity index (χ1n) is 5.48. The summed E-state index contributed by atoms with van der Waals surface area (Å²) in [4.78, 5) is 12.1. The van der Waals surface area contributed by atoms with E-state index in [1.165, 1.54) is 12.8 Å². The molecular formula is C12H13F2NOS. The molecule has 1 aliphatic carbocycles. The number of hydrogen-bond acceptors (Lipinski definition) is 2. The second-order valence-electron chi connectivity index (χ2n) is 4.06. The van der Waals surface area contributed by atoms with Crippen molar-refractivity contribution in [3.63, 3.8) is 0 Å². The van der Waals surface area contributed by atoms with Crippen molar-refractivity contribution in [1.29, 1.82) is 0 Å². The van der Waals surface area contributed by atoms with Gasteiger partial charge in [-0.15, -0.1) is 0 Å². The summed E-state index contributed by atoms with van der Waals surface area (Å²) in [7, 11) is 0. The van der Waals surface area contributed by atoms with Crippen LogP contribution in [0.25, 0.3) is 0 Å². The van der Waals surface area contributed by atoms with E-state index in [-0.39, 0.29) is 5.91 Å². The van der Waals surface area contributed by atoms with Gasteiger partial charge in [-0.3, -0.25) is 4.79 Å². The van der Waals surface area contributed by atoms with E-state index >= 15 is 0 Å². The average molecular weight is 257 g/mol. The topological polar surface area (TPSA) is 29.1 Å². The lowest BCUT2D eigenvalue weighted by atomic mass is 10.2. The number of amides is 1. The maximum absolute atomic E-state index is 12.1. The van der Waals surface area contributed by atoms with Crippen molar-refractivity contribution in [3.8, 4) is 0 Å². The summed E-state index contributed by atoms with van der Waals surface area (Å²) in [6.45, 7) is 0.715. The first-order valence-corrected chi connectivity index (χ1v) is 6.36. The van der Waals surface area contributed by atoms with Crippen LogP contribution in [0.4, 0.5) is 8.78 Å². The fraction of sp³-hybridized carbons (Fsp3) is 0.417. The minimum absolute atomic E-state index is 0.134. The minimum atomic E-state index is -2.43. The van der Waals surface area contributed by atoms with E-state index in [9.17, 15) is 13.6 Å². The molecule has 0 atom stereocenters. The van der Waals surface area contributed by atoms with E-state index in [0.29, 0.717) is 34.7 Å². The Morgan fingerprint density at radius 2 is 2.00 bits per heavy atom. The van der Waals surface area contributed by atoms with Gasteiger partial charge >= 0.3 is 0 Å². The summed E-state index contributed by atoms with van der Waals surface area (Å²) >= 11 is 0.482. The van der Waals surface area contributed by atoms with Gasteiger partial charge in [0, 0.05) is 17.0 Å². The third kappa shape index (κ3) is 4.00. The molecule has 1 fully saturated rings. The van der Waals surface area contributed by atoms with Crippen LogP contribution in [-0.2, 0) is 0 Å². The summed E-state index contributed by atoms with van der Waals surface area (Å²) in [5.74, 6) is -1.93. The number of nitrogens with one attached hydrogen (secondary N) is 1. The zero-order chi connectivity index (χ0) is 12.3. The number of carbonyl (C=O) groups excluding carboxylic acids is 1. The van der Waals surface area contributed by atoms with E-state index in [2.05, 4.69) is 5.32 Å². The van der Waals surface area contributed by atoms with Crippen LogP contribution in [0.2, 0.25) is 0 Å². The zero-order valence-electron chi connectivity index (χ0n) is 9.16. The number of carbonyl (C=O) groups is 1. The highest BCUT2D eigenvalue weighted by atomic mass is 32.2. The highest BCUT2D eigenvalue weighted by molar-refractivity contribution is 7.99. The fourth-order valence-corrected chi connectivity index (χ4v) is 1.95. The van der Waals surface area contributed by atoms with Gasteiger partial charge in [0.15, 0.2) is 0 Å². The molecule has 92 valence electrons. The second-order valence-corrected chi connectivity index (χ2v) is 5.12. The van der Waals surface area contributed by atoms with Crippen molar-refractivity contribution < 1.29 is 13.6 Å². The van der Waals surface area contributed by atoms with Crippen LogP contribution < -0.4 is 5.32 Å². The van der Waals surface area contributed by atoms with Gasteiger partial charge < -0.3 is 5.32 Å². The molecule has 0 bridgehead atoms. The molecule has 1 aromatic rings. The monoisotopic (exact) mass is 257 g/mol. The molecule has 1 aromatic carbocycles. The van der Waals surface area contributed by atoms with Crippen molar-refractivity contribution in [2.24, 2.45) is 5.92 Å². The summed E-state index contributed by atoms with van der Waals surface area (Å²) < 4.78 is 24.2. The van der Waals surface area contributed by atoms with Crippen LogP contribution in [0.1, 0.15) is 23.2 Å². The van der Waals surface area contributed by atoms with Crippen molar-refractivity contribution >= 4 is 17.7 Å². The van der Waals surface area contributed by atoms with Crippen LogP contribution in [0, 0.1) is 5.92 Å². The maximum atomic E-state index is 12.1. The molecular weight excluding hydrogens is 244 g/mol. The number of hydrogen-bond donors (Lipinski definition) is 1. The molecule has 1 N–H and O–H groups in total. The quantitative estimate of drug-likeness (QED) is 0.821. The molecule has 17 heavy (non-hydrogen) atoms. The number of alkyl halides is 2.